The highest BCUT2D eigenvalue weighted by Crippen LogP contribution is 2.31. The van der Waals surface area contributed by atoms with E-state index in [0.29, 0.717) is 36.5 Å². The summed E-state index contributed by atoms with van der Waals surface area (Å²) in [6.45, 7) is 0.936. The standard InChI is InChI=1S/C18H17F3N2O4/c19-18(20,21)13-5-3-11(4-6-13)16(23-17(24)25)15-12(2-1-7-22-15)10-14-26-8-9-27-14/h1-7,14,16,23H,8-10H2,(H,24,25). The van der Waals surface area contributed by atoms with Gasteiger partial charge in [0.2, 0.25) is 0 Å². The van der Waals surface area contributed by atoms with Crippen LogP contribution in [0.4, 0.5) is 18.0 Å². The Morgan fingerprint density at radius 3 is 2.48 bits per heavy atom. The van der Waals surface area contributed by atoms with E-state index < -0.39 is 30.2 Å². The predicted octanol–water partition coefficient (Wildman–Crippen LogP) is 3.37. The average Bonchev–Trinajstić information content (AvgIpc) is 3.13. The van der Waals surface area contributed by atoms with Crippen LogP contribution in [0.25, 0.3) is 0 Å². The lowest BCUT2D eigenvalue weighted by Gasteiger charge is -2.21. The minimum absolute atomic E-state index is 0.346. The normalized spacial score (nSPS) is 16.3. The molecule has 1 unspecified atom stereocenters. The SMILES string of the molecule is O=C(O)NC(c1ccc(C(F)(F)F)cc1)c1ncccc1CC1OCCO1. The summed E-state index contributed by atoms with van der Waals surface area (Å²) in [6.07, 6.45) is -4.41. The van der Waals surface area contributed by atoms with Gasteiger partial charge in [0, 0.05) is 12.6 Å². The Labute approximate surface area is 152 Å². The molecule has 1 fully saturated rings. The fourth-order valence-corrected chi connectivity index (χ4v) is 2.89. The van der Waals surface area contributed by atoms with Crippen LogP contribution in [0.3, 0.4) is 0 Å². The van der Waals surface area contributed by atoms with E-state index in [1.54, 1.807) is 12.1 Å². The third-order valence-electron chi connectivity index (χ3n) is 4.12. The number of aromatic nitrogens is 1. The van der Waals surface area contributed by atoms with Crippen LogP contribution >= 0.6 is 0 Å². The number of halogens is 3. The topological polar surface area (TPSA) is 80.7 Å². The van der Waals surface area contributed by atoms with Crippen molar-refractivity contribution >= 4 is 6.09 Å². The van der Waals surface area contributed by atoms with Gasteiger partial charge in [0.05, 0.1) is 24.5 Å². The number of hydrogen-bond acceptors (Lipinski definition) is 4. The molecule has 144 valence electrons. The Kier molecular flexibility index (Phi) is 5.62. The molecular formula is C18H17F3N2O4. The van der Waals surface area contributed by atoms with Gasteiger partial charge >= 0.3 is 12.3 Å². The van der Waals surface area contributed by atoms with Gasteiger partial charge in [-0.05, 0) is 29.3 Å². The molecule has 9 heteroatoms. The highest BCUT2D eigenvalue weighted by atomic mass is 19.4. The second-order valence-corrected chi connectivity index (χ2v) is 5.93. The van der Waals surface area contributed by atoms with E-state index in [9.17, 15) is 23.1 Å². The van der Waals surface area contributed by atoms with Crippen molar-refractivity contribution < 1.29 is 32.5 Å². The molecule has 3 rings (SSSR count). The smallest absolute Gasteiger partial charge is 0.416 e. The summed E-state index contributed by atoms with van der Waals surface area (Å²) < 4.78 is 49.2. The summed E-state index contributed by atoms with van der Waals surface area (Å²) in [6, 6.07) is 6.83. The Hall–Kier alpha value is -2.65. The monoisotopic (exact) mass is 382 g/mol. The molecule has 2 aromatic rings. The molecule has 1 saturated heterocycles. The number of nitrogens with zero attached hydrogens (tertiary/aromatic N) is 1. The summed E-state index contributed by atoms with van der Waals surface area (Å²) in [5, 5.41) is 11.5. The third-order valence-corrected chi connectivity index (χ3v) is 4.12. The Morgan fingerprint density at radius 1 is 1.22 bits per heavy atom. The third kappa shape index (κ3) is 4.75. The van der Waals surface area contributed by atoms with Crippen LogP contribution in [0.5, 0.6) is 0 Å². The molecule has 27 heavy (non-hydrogen) atoms. The van der Waals surface area contributed by atoms with Crippen LogP contribution in [0, 0.1) is 0 Å². The van der Waals surface area contributed by atoms with Gasteiger partial charge in [0.1, 0.15) is 6.04 Å². The van der Waals surface area contributed by atoms with Crippen molar-refractivity contribution in [2.45, 2.75) is 24.9 Å². The molecule has 0 radical (unpaired) electrons. The zero-order valence-corrected chi connectivity index (χ0v) is 14.1. The van der Waals surface area contributed by atoms with Gasteiger partial charge in [-0.2, -0.15) is 13.2 Å². The minimum Gasteiger partial charge on any atom is -0.465 e. The van der Waals surface area contributed by atoms with Gasteiger partial charge in [-0.15, -0.1) is 0 Å². The summed E-state index contributed by atoms with van der Waals surface area (Å²) >= 11 is 0. The first-order chi connectivity index (χ1) is 12.8. The first-order valence-corrected chi connectivity index (χ1v) is 8.18. The van der Waals surface area contributed by atoms with Gasteiger partial charge in [-0.25, -0.2) is 4.79 Å². The molecule has 0 spiro atoms. The molecule has 0 saturated carbocycles. The Balaban J connectivity index is 1.94. The van der Waals surface area contributed by atoms with E-state index in [1.165, 1.54) is 18.3 Å². The van der Waals surface area contributed by atoms with E-state index in [-0.39, 0.29) is 0 Å². The minimum atomic E-state index is -4.47. The number of amides is 1. The molecule has 1 aromatic heterocycles. The first-order valence-electron chi connectivity index (χ1n) is 8.18. The summed E-state index contributed by atoms with van der Waals surface area (Å²) in [4.78, 5) is 15.5. The maximum absolute atomic E-state index is 12.8. The fraction of sp³-hybridized carbons (Fsp3) is 0.333. The van der Waals surface area contributed by atoms with Crippen molar-refractivity contribution in [2.75, 3.05) is 13.2 Å². The van der Waals surface area contributed by atoms with Crippen molar-refractivity contribution in [2.24, 2.45) is 0 Å². The highest BCUT2D eigenvalue weighted by molar-refractivity contribution is 5.66. The molecule has 1 aromatic carbocycles. The lowest BCUT2D eigenvalue weighted by atomic mass is 9.97. The van der Waals surface area contributed by atoms with Crippen molar-refractivity contribution in [3.63, 3.8) is 0 Å². The highest BCUT2D eigenvalue weighted by Gasteiger charge is 2.31. The Bertz CT molecular complexity index is 790. The van der Waals surface area contributed by atoms with Crippen molar-refractivity contribution in [3.05, 3.63) is 65.0 Å². The number of carbonyl (C=O) groups is 1. The number of ether oxygens (including phenoxy) is 2. The molecule has 1 atom stereocenters. The quantitative estimate of drug-likeness (QED) is 0.829. The number of rotatable bonds is 5. The molecule has 1 amide bonds. The zero-order valence-electron chi connectivity index (χ0n) is 14.1. The van der Waals surface area contributed by atoms with Gasteiger partial charge in [0.25, 0.3) is 0 Å². The van der Waals surface area contributed by atoms with Crippen molar-refractivity contribution in [3.8, 4) is 0 Å². The van der Waals surface area contributed by atoms with Crippen LogP contribution in [0.1, 0.15) is 28.4 Å². The number of carboxylic acid groups (broad SMARTS) is 1. The maximum Gasteiger partial charge on any atom is 0.416 e. The molecular weight excluding hydrogens is 365 g/mol. The molecule has 2 heterocycles. The van der Waals surface area contributed by atoms with Crippen molar-refractivity contribution in [1.29, 1.82) is 0 Å². The van der Waals surface area contributed by atoms with Crippen LogP contribution in [0.2, 0.25) is 0 Å². The lowest BCUT2D eigenvalue weighted by Crippen LogP contribution is -2.29. The number of nitrogens with one attached hydrogen (secondary N) is 1. The lowest BCUT2D eigenvalue weighted by molar-refractivity contribution is -0.137. The van der Waals surface area contributed by atoms with E-state index in [0.717, 1.165) is 12.1 Å². The second kappa shape index (κ2) is 7.93. The number of hydrogen-bond donors (Lipinski definition) is 2. The summed E-state index contributed by atoms with van der Waals surface area (Å²) in [5.41, 5.74) is 0.606. The maximum atomic E-state index is 12.8. The molecule has 6 nitrogen and oxygen atoms in total. The van der Waals surface area contributed by atoms with E-state index >= 15 is 0 Å². The largest absolute Gasteiger partial charge is 0.465 e. The number of benzene rings is 1. The molecule has 1 aliphatic rings. The second-order valence-electron chi connectivity index (χ2n) is 5.93. The van der Waals surface area contributed by atoms with Gasteiger partial charge in [0.15, 0.2) is 6.29 Å². The molecule has 0 aliphatic carbocycles. The van der Waals surface area contributed by atoms with Crippen LogP contribution in [-0.2, 0) is 22.1 Å². The van der Waals surface area contributed by atoms with Gasteiger partial charge in [-0.3, -0.25) is 4.98 Å². The fourth-order valence-electron chi connectivity index (χ4n) is 2.89. The van der Waals surface area contributed by atoms with Crippen LogP contribution in [-0.4, -0.2) is 35.7 Å². The van der Waals surface area contributed by atoms with Gasteiger partial charge in [-0.1, -0.05) is 18.2 Å². The average molecular weight is 382 g/mol. The van der Waals surface area contributed by atoms with E-state index in [4.69, 9.17) is 9.47 Å². The molecule has 1 aliphatic heterocycles. The van der Waals surface area contributed by atoms with Crippen LogP contribution in [0.15, 0.2) is 42.6 Å². The Morgan fingerprint density at radius 2 is 1.89 bits per heavy atom. The van der Waals surface area contributed by atoms with E-state index in [1.807, 2.05) is 0 Å². The van der Waals surface area contributed by atoms with E-state index in [2.05, 4.69) is 10.3 Å². The van der Waals surface area contributed by atoms with Crippen LogP contribution < -0.4 is 5.32 Å². The predicted molar refractivity (Wildman–Crippen MR) is 88.1 cm³/mol. The molecule has 2 N–H and O–H groups in total. The summed E-state index contributed by atoms with van der Waals surface area (Å²) in [7, 11) is 0. The first kappa shape index (κ1) is 19.1. The molecule has 0 bridgehead atoms. The zero-order chi connectivity index (χ0) is 19.4. The summed E-state index contributed by atoms with van der Waals surface area (Å²) in [5.74, 6) is 0. The number of alkyl halides is 3. The number of pyridine rings is 1. The van der Waals surface area contributed by atoms with Gasteiger partial charge < -0.3 is 19.9 Å². The van der Waals surface area contributed by atoms with Crippen molar-refractivity contribution in [1.82, 2.24) is 10.3 Å².